The first-order valence-corrected chi connectivity index (χ1v) is 6.93. The number of nitrogens with one attached hydrogen (secondary N) is 1. The van der Waals surface area contributed by atoms with E-state index in [0.29, 0.717) is 10.8 Å². The maximum absolute atomic E-state index is 13.5. The van der Waals surface area contributed by atoms with Gasteiger partial charge in [-0.25, -0.2) is 4.39 Å². The molecule has 0 aliphatic heterocycles. The van der Waals surface area contributed by atoms with Gasteiger partial charge in [-0.2, -0.15) is 0 Å². The molecule has 0 radical (unpaired) electrons. The van der Waals surface area contributed by atoms with Crippen molar-refractivity contribution in [1.29, 1.82) is 0 Å². The Morgan fingerprint density at radius 2 is 1.73 bits per heavy atom. The SMILES string of the molecule is O=C(Nc1ccccc1F)c1ccc(-c2ccc(Cl)cc2)o1. The third kappa shape index (κ3) is 3.02. The summed E-state index contributed by atoms with van der Waals surface area (Å²) in [6.45, 7) is 0. The summed E-state index contributed by atoms with van der Waals surface area (Å²) < 4.78 is 19.0. The molecule has 0 bridgehead atoms. The highest BCUT2D eigenvalue weighted by molar-refractivity contribution is 6.30. The van der Waals surface area contributed by atoms with E-state index in [1.165, 1.54) is 12.1 Å². The second-order valence-corrected chi connectivity index (χ2v) is 5.04. The van der Waals surface area contributed by atoms with Crippen LogP contribution in [0.2, 0.25) is 5.02 Å². The Kier molecular flexibility index (Phi) is 3.94. The van der Waals surface area contributed by atoms with Gasteiger partial charge in [0.2, 0.25) is 0 Å². The topological polar surface area (TPSA) is 42.2 Å². The van der Waals surface area contributed by atoms with Crippen molar-refractivity contribution in [3.05, 3.63) is 77.3 Å². The number of carbonyl (C=O) groups excluding carboxylic acids is 1. The normalized spacial score (nSPS) is 10.5. The molecule has 3 aromatic rings. The van der Waals surface area contributed by atoms with Crippen LogP contribution >= 0.6 is 11.6 Å². The summed E-state index contributed by atoms with van der Waals surface area (Å²) in [5.74, 6) is -0.366. The molecule has 0 atom stereocenters. The standard InChI is InChI=1S/C17H11ClFNO2/c18-12-7-5-11(6-8-12)15-9-10-16(22-15)17(21)20-14-4-2-1-3-13(14)19/h1-10H,(H,20,21). The number of furan rings is 1. The van der Waals surface area contributed by atoms with Crippen LogP contribution in [0.25, 0.3) is 11.3 Å². The van der Waals surface area contributed by atoms with E-state index in [1.807, 2.05) is 0 Å². The molecular formula is C17H11ClFNO2. The van der Waals surface area contributed by atoms with E-state index in [1.54, 1.807) is 48.5 Å². The van der Waals surface area contributed by atoms with E-state index in [4.69, 9.17) is 16.0 Å². The smallest absolute Gasteiger partial charge is 0.291 e. The van der Waals surface area contributed by atoms with Crippen LogP contribution in [0.5, 0.6) is 0 Å². The molecule has 5 heteroatoms. The third-order valence-electron chi connectivity index (χ3n) is 3.08. The second kappa shape index (κ2) is 6.03. The average Bonchev–Trinajstić information content (AvgIpc) is 3.00. The van der Waals surface area contributed by atoms with Crippen molar-refractivity contribution in [2.75, 3.05) is 5.32 Å². The van der Waals surface area contributed by atoms with Gasteiger partial charge >= 0.3 is 0 Å². The first kappa shape index (κ1) is 14.4. The summed E-state index contributed by atoms with van der Waals surface area (Å²) >= 11 is 5.83. The van der Waals surface area contributed by atoms with Gasteiger partial charge < -0.3 is 9.73 Å². The summed E-state index contributed by atoms with van der Waals surface area (Å²) in [7, 11) is 0. The first-order chi connectivity index (χ1) is 10.6. The highest BCUT2D eigenvalue weighted by Crippen LogP contribution is 2.24. The fraction of sp³-hybridized carbons (Fsp3) is 0. The van der Waals surface area contributed by atoms with Crippen LogP contribution in [0.4, 0.5) is 10.1 Å². The van der Waals surface area contributed by atoms with Gasteiger partial charge in [-0.3, -0.25) is 4.79 Å². The van der Waals surface area contributed by atoms with Gasteiger partial charge in [-0.1, -0.05) is 23.7 Å². The van der Waals surface area contributed by atoms with Gasteiger partial charge in [0.25, 0.3) is 5.91 Å². The molecule has 1 heterocycles. The molecule has 0 spiro atoms. The van der Waals surface area contributed by atoms with E-state index in [9.17, 15) is 9.18 Å². The van der Waals surface area contributed by atoms with Gasteiger partial charge in [0.15, 0.2) is 5.76 Å². The molecule has 1 amide bonds. The van der Waals surface area contributed by atoms with Crippen molar-refractivity contribution >= 4 is 23.2 Å². The number of hydrogen-bond donors (Lipinski definition) is 1. The predicted molar refractivity (Wildman–Crippen MR) is 83.5 cm³/mol. The van der Waals surface area contributed by atoms with Crippen LogP contribution < -0.4 is 5.32 Å². The van der Waals surface area contributed by atoms with Crippen molar-refractivity contribution in [3.8, 4) is 11.3 Å². The number of halogens is 2. The number of anilines is 1. The maximum Gasteiger partial charge on any atom is 0.291 e. The summed E-state index contributed by atoms with van der Waals surface area (Å²) in [4.78, 5) is 12.1. The minimum Gasteiger partial charge on any atom is -0.451 e. The fourth-order valence-electron chi connectivity index (χ4n) is 1.98. The molecule has 3 nitrogen and oxygen atoms in total. The van der Waals surface area contributed by atoms with Crippen LogP contribution in [0.15, 0.2) is 65.1 Å². The number of rotatable bonds is 3. The largest absolute Gasteiger partial charge is 0.451 e. The fourth-order valence-corrected chi connectivity index (χ4v) is 2.10. The van der Waals surface area contributed by atoms with Gasteiger partial charge in [-0.15, -0.1) is 0 Å². The molecule has 22 heavy (non-hydrogen) atoms. The summed E-state index contributed by atoms with van der Waals surface area (Å²) in [6.07, 6.45) is 0. The number of benzene rings is 2. The Hall–Kier alpha value is -2.59. The number of carbonyl (C=O) groups is 1. The zero-order valence-corrected chi connectivity index (χ0v) is 12.1. The minimum atomic E-state index is -0.509. The average molecular weight is 316 g/mol. The predicted octanol–water partition coefficient (Wildman–Crippen LogP) is 4.99. The van der Waals surface area contributed by atoms with Crippen molar-refractivity contribution in [2.45, 2.75) is 0 Å². The monoisotopic (exact) mass is 315 g/mol. The minimum absolute atomic E-state index is 0.105. The summed E-state index contributed by atoms with van der Waals surface area (Å²) in [5, 5.41) is 3.09. The van der Waals surface area contributed by atoms with Crippen LogP contribution in [0.3, 0.4) is 0 Å². The molecule has 0 saturated carbocycles. The van der Waals surface area contributed by atoms with E-state index in [2.05, 4.69) is 5.32 Å². The molecule has 0 aliphatic rings. The van der Waals surface area contributed by atoms with E-state index >= 15 is 0 Å². The second-order valence-electron chi connectivity index (χ2n) is 4.60. The van der Waals surface area contributed by atoms with Crippen molar-refractivity contribution < 1.29 is 13.6 Å². The van der Waals surface area contributed by atoms with E-state index in [-0.39, 0.29) is 11.4 Å². The van der Waals surface area contributed by atoms with Crippen LogP contribution in [0, 0.1) is 5.82 Å². The molecule has 0 aliphatic carbocycles. The van der Waals surface area contributed by atoms with Gasteiger partial charge in [0.05, 0.1) is 5.69 Å². The first-order valence-electron chi connectivity index (χ1n) is 6.55. The van der Waals surface area contributed by atoms with E-state index < -0.39 is 11.7 Å². The molecule has 1 aromatic heterocycles. The Bertz CT molecular complexity index is 812. The molecular weight excluding hydrogens is 305 g/mol. The summed E-state index contributed by atoms with van der Waals surface area (Å²) in [5.41, 5.74) is 0.909. The van der Waals surface area contributed by atoms with Crippen molar-refractivity contribution in [2.24, 2.45) is 0 Å². The Labute approximate surface area is 131 Å². The highest BCUT2D eigenvalue weighted by atomic mass is 35.5. The number of hydrogen-bond acceptors (Lipinski definition) is 2. The molecule has 0 unspecified atom stereocenters. The van der Waals surface area contributed by atoms with Crippen molar-refractivity contribution in [1.82, 2.24) is 0 Å². The van der Waals surface area contributed by atoms with Crippen LogP contribution in [0.1, 0.15) is 10.6 Å². The van der Waals surface area contributed by atoms with Gasteiger partial charge in [0.1, 0.15) is 11.6 Å². The van der Waals surface area contributed by atoms with Gasteiger partial charge in [0, 0.05) is 10.6 Å². The highest BCUT2D eigenvalue weighted by Gasteiger charge is 2.14. The zero-order chi connectivity index (χ0) is 15.5. The lowest BCUT2D eigenvalue weighted by Gasteiger charge is -2.04. The molecule has 3 rings (SSSR count). The van der Waals surface area contributed by atoms with Crippen LogP contribution in [-0.4, -0.2) is 5.91 Å². The molecule has 0 saturated heterocycles. The Balaban J connectivity index is 1.80. The lowest BCUT2D eigenvalue weighted by molar-refractivity contribution is 0.0997. The lowest BCUT2D eigenvalue weighted by Crippen LogP contribution is -2.11. The Morgan fingerprint density at radius 1 is 1.00 bits per heavy atom. The number of amides is 1. The third-order valence-corrected chi connectivity index (χ3v) is 3.33. The lowest BCUT2D eigenvalue weighted by atomic mass is 10.2. The zero-order valence-electron chi connectivity index (χ0n) is 11.3. The molecule has 110 valence electrons. The van der Waals surface area contributed by atoms with Crippen LogP contribution in [-0.2, 0) is 0 Å². The summed E-state index contributed by atoms with van der Waals surface area (Å²) in [6, 6.07) is 16.2. The number of para-hydroxylation sites is 1. The van der Waals surface area contributed by atoms with E-state index in [0.717, 1.165) is 5.56 Å². The van der Waals surface area contributed by atoms with Gasteiger partial charge in [-0.05, 0) is 48.5 Å². The maximum atomic E-state index is 13.5. The molecule has 2 aromatic carbocycles. The quantitative estimate of drug-likeness (QED) is 0.739. The molecule has 0 fully saturated rings. The Morgan fingerprint density at radius 3 is 2.45 bits per heavy atom. The van der Waals surface area contributed by atoms with Crippen molar-refractivity contribution in [3.63, 3.8) is 0 Å². The molecule has 1 N–H and O–H groups in total.